The Morgan fingerprint density at radius 1 is 0.585 bits per heavy atom. The van der Waals surface area contributed by atoms with Crippen molar-refractivity contribution in [3.63, 3.8) is 0 Å². The summed E-state index contributed by atoms with van der Waals surface area (Å²) in [6.07, 6.45) is 7.17. The molecule has 9 atom stereocenters. The molecule has 46 heteroatoms. The van der Waals surface area contributed by atoms with Gasteiger partial charge in [0.1, 0.15) is 73.6 Å². The number of nitrogens with zero attached hydrogens (tertiary/aromatic N) is 14. The lowest BCUT2D eigenvalue weighted by Crippen LogP contribution is -2.34. The zero-order valence-corrected chi connectivity index (χ0v) is 56.8. The van der Waals surface area contributed by atoms with Crippen molar-refractivity contribution in [2.75, 3.05) is 123 Å². The number of nitrogen functional groups attached to an aromatic ring is 3. The van der Waals surface area contributed by atoms with E-state index in [1.54, 1.807) is 53.2 Å². The highest BCUT2D eigenvalue weighted by molar-refractivity contribution is 7.85. The molecule has 5 aromatic rings. The Hall–Kier alpha value is -6.34. The van der Waals surface area contributed by atoms with Crippen molar-refractivity contribution in [1.82, 2.24) is 57.6 Å². The van der Waals surface area contributed by atoms with Gasteiger partial charge in [0.15, 0.2) is 11.6 Å². The largest absolute Gasteiger partial charge is 0.394 e. The van der Waals surface area contributed by atoms with E-state index in [0.29, 0.717) is 24.7 Å². The SMILES string of the molecule is CN(C)C=Nc1ccn(C[C@H]2COP(=O)(Cl)CO2)c(=O)n1.CN(C)C=Nc1ccn(C[C@H]2COP(C)(=O)CO2)c(=O)n1.CP1(=O)CO[C@@H](Cn2ccc(N)nc2=O)CO1.Nc1ccn(C[C@@H](CO)OCP(=O)(O)O)c(=O)n1.Nc1ccn(C[C@H]2COP(=O)(O)CO2)c(=O)n1. The first-order valence-corrected chi connectivity index (χ1v) is 38.3. The smallest absolute Gasteiger partial charge is 0.353 e. The van der Waals surface area contributed by atoms with Gasteiger partial charge in [0.05, 0.1) is 84.5 Å². The zero-order valence-electron chi connectivity index (χ0n) is 51.6. The first-order valence-electron chi connectivity index (χ1n) is 27.6. The van der Waals surface area contributed by atoms with E-state index >= 15 is 0 Å². The number of aromatic nitrogens is 10. The maximum Gasteiger partial charge on any atom is 0.353 e. The third kappa shape index (κ3) is 29.3. The van der Waals surface area contributed by atoms with E-state index in [-0.39, 0.29) is 107 Å². The summed E-state index contributed by atoms with van der Waals surface area (Å²) in [6, 6.07) is 7.68. The van der Waals surface area contributed by atoms with E-state index in [9.17, 15) is 46.8 Å². The molecule has 94 heavy (non-hydrogen) atoms. The highest BCUT2D eigenvalue weighted by Crippen LogP contribution is 2.54. The summed E-state index contributed by atoms with van der Waals surface area (Å²) in [6.45, 7) is 0.884. The van der Waals surface area contributed by atoms with Crippen LogP contribution in [0.4, 0.5) is 29.1 Å². The molecule has 9 heterocycles. The van der Waals surface area contributed by atoms with Crippen LogP contribution in [0.15, 0.2) is 95.3 Å². The van der Waals surface area contributed by atoms with Crippen LogP contribution in [-0.2, 0) is 97.3 Å². The lowest BCUT2D eigenvalue weighted by Gasteiger charge is -2.27. The summed E-state index contributed by atoms with van der Waals surface area (Å²) >= 11 is 5.56. The number of hydrogen-bond acceptors (Lipinski definition) is 30. The van der Waals surface area contributed by atoms with Gasteiger partial charge in [-0.3, -0.25) is 45.7 Å². The first kappa shape index (κ1) is 78.4. The fourth-order valence-corrected chi connectivity index (χ4v) is 11.9. The van der Waals surface area contributed by atoms with E-state index in [0.717, 1.165) is 4.57 Å². The van der Waals surface area contributed by atoms with Gasteiger partial charge < -0.3 is 88.6 Å². The Morgan fingerprint density at radius 2 is 0.926 bits per heavy atom. The molecule has 0 bridgehead atoms. The number of nitrogens with two attached hydrogens (primary N) is 3. The number of aliphatic imine (C=N–C) groups is 2. The molecular weight excluding hydrogens is 1370 g/mol. The van der Waals surface area contributed by atoms with Crippen LogP contribution in [0.2, 0.25) is 0 Å². The third-order valence-corrected chi connectivity index (χ3v) is 17.7. The number of aliphatic hydroxyl groups excluding tert-OH is 1. The van der Waals surface area contributed by atoms with Crippen LogP contribution < -0.4 is 45.6 Å². The molecule has 0 spiro atoms. The minimum absolute atomic E-state index is 0.0371. The summed E-state index contributed by atoms with van der Waals surface area (Å²) in [5.41, 5.74) is 13.6. The van der Waals surface area contributed by atoms with Crippen molar-refractivity contribution in [2.45, 2.75) is 63.2 Å². The monoisotopic (exact) mass is 1450 g/mol. The molecule has 10 N–H and O–H groups in total. The van der Waals surface area contributed by atoms with E-state index in [4.69, 9.17) is 90.0 Å². The Morgan fingerprint density at radius 3 is 1.22 bits per heavy atom. The van der Waals surface area contributed by atoms with Crippen molar-refractivity contribution in [2.24, 2.45) is 9.98 Å². The second-order valence-corrected chi connectivity index (χ2v) is 32.8. The van der Waals surface area contributed by atoms with Gasteiger partial charge >= 0.3 is 50.4 Å². The molecule has 4 aliphatic rings. The van der Waals surface area contributed by atoms with Crippen LogP contribution in [0.3, 0.4) is 0 Å². The van der Waals surface area contributed by atoms with Gasteiger partial charge in [-0.15, -0.1) is 0 Å². The molecule has 0 aromatic carbocycles. The molecule has 0 radical (unpaired) electrons. The Labute approximate surface area is 540 Å². The Bertz CT molecular complexity index is 3700. The lowest BCUT2D eigenvalue weighted by atomic mass is 10.3. The molecule has 0 amide bonds. The standard InChI is InChI=1S/C12H19N4O4P.C11H16ClN4O4P.C9H14N3O4P.C8H14N3O6P.C8H12N3O5P/c1-15(2)8-13-11-4-5-16(12(17)14-11)6-10-7-20-21(3,18)9-19-10;1-15(2)7-13-10-3-4-16(11(17)14-10)5-9-6-20-21(12,18)8-19-9;1-17(14)6-15-7(5-16-17)4-12-3-2-8(10)11-9(12)13;9-7-1-2-11(8(13)10-7)3-6(4-12)17-5-18(14,15)16;9-7-1-2-11(8(12)10-7)3-6-4-16-17(13,14)5-15-6/h4-5,8,10H,6-7,9H2,1-3H3;3-4,7,9H,5-6,8H2,1-2H3;2-3,7H,4-6H2,1H3,(H2,10,11,13);1-2,6,12H,3-5H2,(H2,9,10,13)(H2,14,15,16);1-2,6H,3-5H2,(H,13,14)(H2,9,10,12)/t10-,21?;9-,21?;7-,17?;2*6-/m00000/s1. The summed E-state index contributed by atoms with van der Waals surface area (Å²) in [5.74, 6) is 1.07. The fourth-order valence-electron chi connectivity index (χ4n) is 7.33. The van der Waals surface area contributed by atoms with Gasteiger partial charge in [0.25, 0.3) is 0 Å². The van der Waals surface area contributed by atoms with Gasteiger partial charge in [-0.2, -0.15) is 24.9 Å². The van der Waals surface area contributed by atoms with Crippen LogP contribution in [-0.4, -0.2) is 227 Å². The summed E-state index contributed by atoms with van der Waals surface area (Å²) in [7, 11) is -5.81. The average molecular weight is 1450 g/mol. The molecule has 4 aliphatic heterocycles. The van der Waals surface area contributed by atoms with Crippen molar-refractivity contribution in [3.05, 3.63) is 114 Å². The van der Waals surface area contributed by atoms with Crippen LogP contribution in [0.5, 0.6) is 0 Å². The van der Waals surface area contributed by atoms with Crippen molar-refractivity contribution in [1.29, 1.82) is 0 Å². The number of rotatable bonds is 18. The quantitative estimate of drug-likeness (QED) is 0.0340. The van der Waals surface area contributed by atoms with Gasteiger partial charge in [-0.05, 0) is 41.6 Å². The number of aliphatic hydroxyl groups is 1. The Kier molecular flexibility index (Phi) is 30.1. The van der Waals surface area contributed by atoms with Crippen molar-refractivity contribution < 1.29 is 84.4 Å². The fraction of sp³-hybridized carbons (Fsp3) is 0.542. The van der Waals surface area contributed by atoms with E-state index in [2.05, 4.69) is 34.9 Å². The second kappa shape index (κ2) is 36.1. The molecule has 4 fully saturated rings. The molecule has 0 aliphatic carbocycles. The van der Waals surface area contributed by atoms with Crippen LogP contribution in [0.25, 0.3) is 0 Å². The van der Waals surface area contributed by atoms with E-state index in [1.165, 1.54) is 62.2 Å². The van der Waals surface area contributed by atoms with Crippen LogP contribution in [0.1, 0.15) is 0 Å². The molecule has 40 nitrogen and oxygen atoms in total. The number of anilines is 3. The van der Waals surface area contributed by atoms with Gasteiger partial charge in [0, 0.05) is 72.5 Å². The van der Waals surface area contributed by atoms with E-state index in [1.807, 2.05) is 28.2 Å². The molecule has 9 rings (SSSR count). The molecule has 5 aromatic heterocycles. The predicted molar refractivity (Wildman–Crippen MR) is 341 cm³/mol. The second-order valence-electron chi connectivity index (χ2n) is 21.1. The third-order valence-electron chi connectivity index (χ3n) is 11.9. The first-order chi connectivity index (χ1) is 43.9. The van der Waals surface area contributed by atoms with Crippen LogP contribution in [0, 0.1) is 0 Å². The number of halogens is 1. The van der Waals surface area contributed by atoms with Crippen molar-refractivity contribution in [3.8, 4) is 0 Å². The van der Waals surface area contributed by atoms with E-state index < -0.39 is 90.3 Å². The topological polar surface area (TPSA) is 533 Å². The number of ether oxygens (including phenoxy) is 5. The minimum Gasteiger partial charge on any atom is -0.394 e. The average Bonchev–Trinajstić information content (AvgIpc) is 0.986. The highest BCUT2D eigenvalue weighted by atomic mass is 35.7. The lowest BCUT2D eigenvalue weighted by molar-refractivity contribution is -0.00859. The summed E-state index contributed by atoms with van der Waals surface area (Å²) in [5, 5.41) is 8.99. The van der Waals surface area contributed by atoms with Gasteiger partial charge in [0.2, 0.25) is 14.7 Å². The maximum atomic E-state index is 11.9. The molecule has 4 unspecified atom stereocenters. The predicted octanol–water partition coefficient (Wildman–Crippen LogP) is -0.157. The maximum absolute atomic E-state index is 11.9. The van der Waals surface area contributed by atoms with Crippen LogP contribution >= 0.6 is 47.9 Å². The molecule has 0 saturated carbocycles. The van der Waals surface area contributed by atoms with Crippen molar-refractivity contribution >= 4 is 89.7 Å². The van der Waals surface area contributed by atoms with Gasteiger partial charge in [-0.25, -0.2) is 34.0 Å². The molecule has 4 saturated heterocycles. The molecular formula is C48H75ClN17O23P5. The minimum atomic E-state index is -4.31. The van der Waals surface area contributed by atoms with Gasteiger partial charge in [-0.1, -0.05) is 0 Å². The highest BCUT2D eigenvalue weighted by Gasteiger charge is 2.32. The normalized spacial score (nSPS) is 24.8. The number of hydrogen-bond donors (Lipinski definition) is 7. The summed E-state index contributed by atoms with van der Waals surface area (Å²) < 4.78 is 109. The zero-order chi connectivity index (χ0) is 69.6. The Balaban J connectivity index is 0.000000213. The molecule has 522 valence electrons. The summed E-state index contributed by atoms with van der Waals surface area (Å²) in [4.78, 5) is 114.